The number of nitrogens with zero attached hydrogens (tertiary/aromatic N) is 5. The number of aromatic nitrogens is 4. The van der Waals surface area contributed by atoms with E-state index in [4.69, 9.17) is 0 Å². The Morgan fingerprint density at radius 2 is 2.26 bits per heavy atom. The first-order valence-electron chi connectivity index (χ1n) is 6.81. The summed E-state index contributed by atoms with van der Waals surface area (Å²) in [5.74, 6) is 0.646. The standard InChI is InChI=1S/C12H13F3N6OS/c1-20-6-17-19-9(20)7-3-2-4-21(7)11(22)18-10-16-5-8(23-10)12(13,14)15/h5-7H,2-4H2,1H3,(H,16,18,22). The van der Waals surface area contributed by atoms with Crippen LogP contribution in [0.15, 0.2) is 12.5 Å². The number of hydrogen-bond donors (Lipinski definition) is 1. The van der Waals surface area contributed by atoms with Crippen LogP contribution in [-0.4, -0.2) is 37.2 Å². The number of carbonyl (C=O) groups is 1. The SMILES string of the molecule is Cn1cnnc1C1CCCN1C(=O)Nc1ncc(C(F)(F)F)s1. The van der Waals surface area contributed by atoms with Crippen LogP contribution in [0.25, 0.3) is 0 Å². The average Bonchev–Trinajstić information content (AvgIpc) is 3.16. The van der Waals surface area contributed by atoms with Crippen molar-refractivity contribution in [2.45, 2.75) is 25.1 Å². The zero-order valence-corrected chi connectivity index (χ0v) is 12.9. The summed E-state index contributed by atoms with van der Waals surface area (Å²) < 4.78 is 39.4. The number of nitrogens with one attached hydrogen (secondary N) is 1. The molecule has 0 bridgehead atoms. The van der Waals surface area contributed by atoms with E-state index in [2.05, 4.69) is 20.5 Å². The van der Waals surface area contributed by atoms with Crippen molar-refractivity contribution in [1.82, 2.24) is 24.6 Å². The molecule has 1 atom stereocenters. The van der Waals surface area contributed by atoms with Gasteiger partial charge in [0, 0.05) is 13.6 Å². The summed E-state index contributed by atoms with van der Waals surface area (Å²) in [7, 11) is 1.78. The van der Waals surface area contributed by atoms with Crippen LogP contribution in [0.2, 0.25) is 0 Å². The Kier molecular flexibility index (Phi) is 3.96. The third-order valence-corrected chi connectivity index (χ3v) is 4.51. The van der Waals surface area contributed by atoms with Gasteiger partial charge in [-0.15, -0.1) is 10.2 Å². The lowest BCUT2D eigenvalue weighted by Gasteiger charge is -2.23. The maximum absolute atomic E-state index is 12.6. The van der Waals surface area contributed by atoms with Gasteiger partial charge in [-0.25, -0.2) is 9.78 Å². The molecule has 1 saturated heterocycles. The number of urea groups is 1. The molecule has 3 heterocycles. The summed E-state index contributed by atoms with van der Waals surface area (Å²) in [6.45, 7) is 0.501. The second kappa shape index (κ2) is 5.80. The highest BCUT2D eigenvalue weighted by atomic mass is 32.1. The predicted octanol–water partition coefficient (Wildman–Crippen LogP) is 2.66. The van der Waals surface area contributed by atoms with Gasteiger partial charge in [-0.05, 0) is 12.8 Å². The molecule has 0 spiro atoms. The lowest BCUT2D eigenvalue weighted by Crippen LogP contribution is -2.35. The van der Waals surface area contributed by atoms with E-state index in [1.165, 1.54) is 0 Å². The fourth-order valence-electron chi connectivity index (χ4n) is 2.50. The Labute approximate surface area is 133 Å². The molecule has 0 aliphatic carbocycles. The first-order valence-corrected chi connectivity index (χ1v) is 7.62. The number of hydrogen-bond acceptors (Lipinski definition) is 5. The van der Waals surface area contributed by atoms with Crippen molar-refractivity contribution >= 4 is 22.5 Å². The van der Waals surface area contributed by atoms with Crippen LogP contribution in [0.5, 0.6) is 0 Å². The van der Waals surface area contributed by atoms with Gasteiger partial charge in [0.1, 0.15) is 11.2 Å². The highest BCUT2D eigenvalue weighted by Gasteiger charge is 2.35. The summed E-state index contributed by atoms with van der Waals surface area (Å²) in [6.07, 6.45) is -0.692. The second-order valence-corrected chi connectivity index (χ2v) is 6.14. The molecule has 124 valence electrons. The van der Waals surface area contributed by atoms with Crippen LogP contribution >= 0.6 is 11.3 Å². The van der Waals surface area contributed by atoms with E-state index >= 15 is 0 Å². The Hall–Kier alpha value is -2.17. The Bertz CT molecular complexity index is 712. The Morgan fingerprint density at radius 3 is 2.87 bits per heavy atom. The van der Waals surface area contributed by atoms with Crippen molar-refractivity contribution in [1.29, 1.82) is 0 Å². The third kappa shape index (κ3) is 3.14. The van der Waals surface area contributed by atoms with Crippen molar-refractivity contribution in [3.63, 3.8) is 0 Å². The van der Waals surface area contributed by atoms with Crippen LogP contribution in [0.3, 0.4) is 0 Å². The zero-order chi connectivity index (χ0) is 16.6. The van der Waals surface area contributed by atoms with Gasteiger partial charge in [0.15, 0.2) is 11.0 Å². The molecule has 1 unspecified atom stereocenters. The number of thiazole rings is 1. The van der Waals surface area contributed by atoms with Gasteiger partial charge in [-0.3, -0.25) is 5.32 Å². The van der Waals surface area contributed by atoms with Gasteiger partial charge < -0.3 is 9.47 Å². The van der Waals surface area contributed by atoms with Gasteiger partial charge in [0.25, 0.3) is 0 Å². The van der Waals surface area contributed by atoms with E-state index in [0.29, 0.717) is 29.9 Å². The van der Waals surface area contributed by atoms with Gasteiger partial charge in [0.2, 0.25) is 0 Å². The Balaban J connectivity index is 1.73. The molecule has 0 aromatic carbocycles. The molecule has 1 fully saturated rings. The summed E-state index contributed by atoms with van der Waals surface area (Å²) in [5.41, 5.74) is 0. The lowest BCUT2D eigenvalue weighted by molar-refractivity contribution is -0.134. The average molecular weight is 346 g/mol. The molecule has 2 aromatic heterocycles. The summed E-state index contributed by atoms with van der Waals surface area (Å²) in [4.78, 5) is 16.6. The van der Waals surface area contributed by atoms with Gasteiger partial charge in [-0.2, -0.15) is 13.2 Å². The minimum Gasteiger partial charge on any atom is -0.319 e. The summed E-state index contributed by atoms with van der Waals surface area (Å²) in [5, 5.41) is 10.1. The van der Waals surface area contributed by atoms with Gasteiger partial charge in [-0.1, -0.05) is 11.3 Å². The molecule has 11 heteroatoms. The first-order chi connectivity index (χ1) is 10.9. The maximum atomic E-state index is 12.6. The Morgan fingerprint density at radius 1 is 1.48 bits per heavy atom. The van der Waals surface area contributed by atoms with Crippen LogP contribution in [-0.2, 0) is 13.2 Å². The fraction of sp³-hybridized carbons (Fsp3) is 0.500. The zero-order valence-electron chi connectivity index (χ0n) is 12.0. The second-order valence-electron chi connectivity index (χ2n) is 5.11. The van der Waals surface area contributed by atoms with Gasteiger partial charge >= 0.3 is 12.2 Å². The first kappa shape index (κ1) is 15.7. The molecular weight excluding hydrogens is 333 g/mol. The molecule has 23 heavy (non-hydrogen) atoms. The lowest BCUT2D eigenvalue weighted by atomic mass is 10.2. The van der Waals surface area contributed by atoms with Crippen molar-refractivity contribution in [2.75, 3.05) is 11.9 Å². The van der Waals surface area contributed by atoms with Crippen molar-refractivity contribution < 1.29 is 18.0 Å². The van der Waals surface area contributed by atoms with Crippen molar-refractivity contribution in [3.8, 4) is 0 Å². The number of rotatable bonds is 2. The number of alkyl halides is 3. The highest BCUT2D eigenvalue weighted by molar-refractivity contribution is 7.15. The number of likely N-dealkylation sites (tertiary alicyclic amines) is 1. The minimum atomic E-state index is -4.46. The van der Waals surface area contributed by atoms with Crippen LogP contribution in [0, 0.1) is 0 Å². The molecule has 3 rings (SSSR count). The summed E-state index contributed by atoms with van der Waals surface area (Å²) >= 11 is 0.401. The van der Waals surface area contributed by atoms with Crippen LogP contribution < -0.4 is 5.32 Å². The topological polar surface area (TPSA) is 75.9 Å². The predicted molar refractivity (Wildman–Crippen MR) is 75.8 cm³/mol. The van der Waals surface area contributed by atoms with Crippen molar-refractivity contribution in [2.24, 2.45) is 7.05 Å². The molecule has 1 N–H and O–H groups in total. The summed E-state index contributed by atoms with van der Waals surface area (Å²) in [6, 6.07) is -0.733. The highest BCUT2D eigenvalue weighted by Crippen LogP contribution is 2.36. The molecular formula is C12H13F3N6OS. The van der Waals surface area contributed by atoms with E-state index in [0.717, 1.165) is 12.8 Å². The molecule has 0 radical (unpaired) electrons. The molecule has 1 aliphatic rings. The normalized spacial score (nSPS) is 18.4. The monoisotopic (exact) mass is 346 g/mol. The van der Waals surface area contributed by atoms with E-state index in [9.17, 15) is 18.0 Å². The smallest absolute Gasteiger partial charge is 0.319 e. The molecule has 2 aromatic rings. The largest absolute Gasteiger partial charge is 0.427 e. The number of halogens is 3. The minimum absolute atomic E-state index is 0.0778. The van der Waals surface area contributed by atoms with Crippen LogP contribution in [0.4, 0.5) is 23.1 Å². The van der Waals surface area contributed by atoms with E-state index in [1.54, 1.807) is 22.8 Å². The number of anilines is 1. The molecule has 0 saturated carbocycles. The maximum Gasteiger partial charge on any atom is 0.427 e. The van der Waals surface area contributed by atoms with E-state index < -0.39 is 17.1 Å². The van der Waals surface area contributed by atoms with Crippen LogP contribution in [0.1, 0.15) is 29.6 Å². The molecule has 1 aliphatic heterocycles. The van der Waals surface area contributed by atoms with Gasteiger partial charge in [0.05, 0.1) is 12.2 Å². The number of amides is 2. The molecule has 7 nitrogen and oxygen atoms in total. The number of aryl methyl sites for hydroxylation is 1. The van der Waals surface area contributed by atoms with E-state index in [-0.39, 0.29) is 11.2 Å². The fourth-order valence-corrected chi connectivity index (χ4v) is 3.17. The molecule has 2 amide bonds. The quantitative estimate of drug-likeness (QED) is 0.907. The van der Waals surface area contributed by atoms with Crippen molar-refractivity contribution in [3.05, 3.63) is 23.2 Å². The number of carbonyl (C=O) groups excluding carboxylic acids is 1. The van der Waals surface area contributed by atoms with E-state index in [1.807, 2.05) is 0 Å². The third-order valence-electron chi connectivity index (χ3n) is 3.56.